The predicted octanol–water partition coefficient (Wildman–Crippen LogP) is -0.167. The highest BCUT2D eigenvalue weighted by atomic mass is 16.3. The highest BCUT2D eigenvalue weighted by molar-refractivity contribution is 4.90. The minimum atomic E-state index is 0.271. The smallest absolute Gasteiger partial charge is 0.138 e. The normalized spacial score (nSPS) is 23.2. The maximum absolute atomic E-state index is 8.90. The number of fused-ring (bicyclic) bond motifs is 1. The average Bonchev–Trinajstić information content (AvgIpc) is 2.50. The molecule has 0 aliphatic carbocycles. The highest BCUT2D eigenvalue weighted by Gasteiger charge is 2.18. The van der Waals surface area contributed by atoms with Crippen molar-refractivity contribution in [2.24, 2.45) is 5.92 Å². The molecule has 1 atom stereocenters. The second-order valence-corrected chi connectivity index (χ2v) is 2.94. The molecule has 0 saturated heterocycles. The number of hydrogen-bond donors (Lipinski definition) is 1. The molecule has 4 nitrogen and oxygen atoms in total. The van der Waals surface area contributed by atoms with Gasteiger partial charge in [0, 0.05) is 19.6 Å². The minimum Gasteiger partial charge on any atom is -0.396 e. The Morgan fingerprint density at radius 1 is 1.73 bits per heavy atom. The van der Waals surface area contributed by atoms with E-state index in [4.69, 9.17) is 5.11 Å². The molecule has 1 aliphatic heterocycles. The lowest BCUT2D eigenvalue weighted by Gasteiger charge is -2.19. The van der Waals surface area contributed by atoms with E-state index >= 15 is 0 Å². The maximum Gasteiger partial charge on any atom is 0.138 e. The fraction of sp³-hybridized carbons (Fsp3) is 0.714. The zero-order valence-corrected chi connectivity index (χ0v) is 6.27. The molecule has 2 heterocycles. The molecule has 0 fully saturated rings. The number of aliphatic hydroxyl groups is 1. The predicted molar refractivity (Wildman–Crippen MR) is 38.9 cm³/mol. The van der Waals surface area contributed by atoms with Gasteiger partial charge in [0.05, 0.1) is 0 Å². The minimum absolute atomic E-state index is 0.271. The third-order valence-corrected chi connectivity index (χ3v) is 2.17. The summed E-state index contributed by atoms with van der Waals surface area (Å²) in [6.45, 7) is 1.17. The Bertz CT molecular complexity index is 246. The van der Waals surface area contributed by atoms with Crippen molar-refractivity contribution in [3.63, 3.8) is 0 Å². The van der Waals surface area contributed by atoms with Gasteiger partial charge in [-0.05, 0) is 12.3 Å². The molecule has 0 saturated carbocycles. The first-order chi connectivity index (χ1) is 5.40. The number of hydrogen-bond acceptors (Lipinski definition) is 3. The lowest BCUT2D eigenvalue weighted by atomic mass is 9.99. The molecule has 2 rings (SSSR count). The van der Waals surface area contributed by atoms with Crippen molar-refractivity contribution in [1.82, 2.24) is 14.8 Å². The quantitative estimate of drug-likeness (QED) is 0.609. The topological polar surface area (TPSA) is 50.9 Å². The molecule has 0 radical (unpaired) electrons. The van der Waals surface area contributed by atoms with Crippen molar-refractivity contribution in [2.45, 2.75) is 19.4 Å². The van der Waals surface area contributed by atoms with E-state index in [1.54, 1.807) is 6.33 Å². The van der Waals surface area contributed by atoms with Gasteiger partial charge in [-0.25, -0.2) is 4.98 Å². The largest absolute Gasteiger partial charge is 0.396 e. The number of aryl methyl sites for hydroxylation is 1. The van der Waals surface area contributed by atoms with Gasteiger partial charge in [-0.1, -0.05) is 0 Å². The van der Waals surface area contributed by atoms with Crippen LogP contribution in [-0.2, 0) is 13.0 Å². The summed E-state index contributed by atoms with van der Waals surface area (Å²) in [6.07, 6.45) is 3.47. The van der Waals surface area contributed by atoms with E-state index in [0.717, 1.165) is 25.2 Å². The monoisotopic (exact) mass is 153 g/mol. The van der Waals surface area contributed by atoms with Crippen molar-refractivity contribution in [1.29, 1.82) is 0 Å². The SMILES string of the molecule is OCC1CCn2ncnc2C1. The fourth-order valence-corrected chi connectivity index (χ4v) is 1.45. The van der Waals surface area contributed by atoms with E-state index in [-0.39, 0.29) is 6.61 Å². The van der Waals surface area contributed by atoms with Gasteiger partial charge in [0.15, 0.2) is 0 Å². The van der Waals surface area contributed by atoms with Crippen LogP contribution in [0.1, 0.15) is 12.2 Å². The number of nitrogens with zero attached hydrogens (tertiary/aromatic N) is 3. The summed E-state index contributed by atoms with van der Waals surface area (Å²) < 4.78 is 1.91. The average molecular weight is 153 g/mol. The molecular formula is C7H11N3O. The summed E-state index contributed by atoms with van der Waals surface area (Å²) in [4.78, 5) is 4.10. The standard InChI is InChI=1S/C7H11N3O/c11-4-6-1-2-10-7(3-6)8-5-9-10/h5-6,11H,1-4H2. The molecule has 4 heteroatoms. The Labute approximate surface area is 64.9 Å². The Morgan fingerprint density at radius 2 is 2.64 bits per heavy atom. The highest BCUT2D eigenvalue weighted by Crippen LogP contribution is 2.16. The van der Waals surface area contributed by atoms with E-state index in [1.165, 1.54) is 0 Å². The van der Waals surface area contributed by atoms with Gasteiger partial charge >= 0.3 is 0 Å². The Balaban J connectivity index is 2.18. The zero-order valence-electron chi connectivity index (χ0n) is 6.27. The van der Waals surface area contributed by atoms with Gasteiger partial charge in [-0.15, -0.1) is 0 Å². The molecule has 1 aromatic heterocycles. The van der Waals surface area contributed by atoms with Crippen LogP contribution in [0.5, 0.6) is 0 Å². The van der Waals surface area contributed by atoms with Crippen LogP contribution >= 0.6 is 0 Å². The third-order valence-electron chi connectivity index (χ3n) is 2.17. The summed E-state index contributed by atoms with van der Waals surface area (Å²) in [5.41, 5.74) is 0. The molecule has 1 aliphatic rings. The van der Waals surface area contributed by atoms with Gasteiger partial charge in [0.25, 0.3) is 0 Å². The summed E-state index contributed by atoms with van der Waals surface area (Å²) in [6, 6.07) is 0. The molecule has 1 N–H and O–H groups in total. The molecule has 60 valence electrons. The first kappa shape index (κ1) is 6.79. The second-order valence-electron chi connectivity index (χ2n) is 2.94. The van der Waals surface area contributed by atoms with Gasteiger partial charge in [-0.2, -0.15) is 5.10 Å². The van der Waals surface area contributed by atoms with Crippen LogP contribution in [0.2, 0.25) is 0 Å². The van der Waals surface area contributed by atoms with Crippen LogP contribution < -0.4 is 0 Å². The van der Waals surface area contributed by atoms with Crippen LogP contribution in [-0.4, -0.2) is 26.5 Å². The van der Waals surface area contributed by atoms with E-state index in [1.807, 2.05) is 4.68 Å². The Kier molecular flexibility index (Phi) is 1.62. The maximum atomic E-state index is 8.90. The molecule has 0 bridgehead atoms. The number of rotatable bonds is 1. The van der Waals surface area contributed by atoms with E-state index in [0.29, 0.717) is 5.92 Å². The van der Waals surface area contributed by atoms with Crippen LogP contribution in [0.15, 0.2) is 6.33 Å². The van der Waals surface area contributed by atoms with Gasteiger partial charge in [0.2, 0.25) is 0 Å². The third kappa shape index (κ3) is 1.14. The van der Waals surface area contributed by atoms with E-state index in [2.05, 4.69) is 10.1 Å². The first-order valence-corrected chi connectivity index (χ1v) is 3.87. The first-order valence-electron chi connectivity index (χ1n) is 3.87. The molecule has 0 amide bonds. The summed E-state index contributed by atoms with van der Waals surface area (Å²) in [7, 11) is 0. The molecule has 1 unspecified atom stereocenters. The fourth-order valence-electron chi connectivity index (χ4n) is 1.45. The lowest BCUT2D eigenvalue weighted by molar-refractivity contribution is 0.196. The van der Waals surface area contributed by atoms with Gasteiger partial charge < -0.3 is 5.11 Å². The van der Waals surface area contributed by atoms with Crippen LogP contribution in [0.25, 0.3) is 0 Å². The summed E-state index contributed by atoms with van der Waals surface area (Å²) >= 11 is 0. The molecule has 0 aromatic carbocycles. The van der Waals surface area contributed by atoms with E-state index < -0.39 is 0 Å². The molecule has 1 aromatic rings. The summed E-state index contributed by atoms with van der Waals surface area (Å²) in [5.74, 6) is 1.40. The van der Waals surface area contributed by atoms with Crippen molar-refractivity contribution in [3.05, 3.63) is 12.2 Å². The number of aliphatic hydroxyl groups excluding tert-OH is 1. The van der Waals surface area contributed by atoms with Crippen molar-refractivity contribution in [2.75, 3.05) is 6.61 Å². The van der Waals surface area contributed by atoms with Crippen molar-refractivity contribution in [3.8, 4) is 0 Å². The van der Waals surface area contributed by atoms with E-state index in [9.17, 15) is 0 Å². The van der Waals surface area contributed by atoms with Crippen LogP contribution in [0.4, 0.5) is 0 Å². The van der Waals surface area contributed by atoms with Gasteiger partial charge in [-0.3, -0.25) is 4.68 Å². The number of aromatic nitrogens is 3. The van der Waals surface area contributed by atoms with Crippen molar-refractivity contribution < 1.29 is 5.11 Å². The zero-order chi connectivity index (χ0) is 7.68. The second kappa shape index (κ2) is 2.62. The van der Waals surface area contributed by atoms with Crippen LogP contribution in [0.3, 0.4) is 0 Å². The van der Waals surface area contributed by atoms with Crippen molar-refractivity contribution >= 4 is 0 Å². The molecule has 0 spiro atoms. The lowest BCUT2D eigenvalue weighted by Crippen LogP contribution is -2.22. The summed E-state index contributed by atoms with van der Waals surface area (Å²) in [5, 5.41) is 12.9. The molecular weight excluding hydrogens is 142 g/mol. The van der Waals surface area contributed by atoms with Gasteiger partial charge in [0.1, 0.15) is 12.2 Å². The Hall–Kier alpha value is -0.900. The van der Waals surface area contributed by atoms with Crippen LogP contribution in [0, 0.1) is 5.92 Å². The Morgan fingerprint density at radius 3 is 3.45 bits per heavy atom. The molecule has 11 heavy (non-hydrogen) atoms.